The van der Waals surface area contributed by atoms with Crippen LogP contribution in [0.5, 0.6) is 0 Å². The third-order valence-electron chi connectivity index (χ3n) is 5.05. The molecule has 0 saturated carbocycles. The van der Waals surface area contributed by atoms with Crippen molar-refractivity contribution in [3.05, 3.63) is 66.0 Å². The van der Waals surface area contributed by atoms with Crippen LogP contribution in [0, 0.1) is 11.7 Å². The molecule has 2 aliphatic heterocycles. The molecule has 2 heterocycles. The van der Waals surface area contributed by atoms with E-state index < -0.39 is 53.0 Å². The molecule has 2 N–H and O–H groups in total. The van der Waals surface area contributed by atoms with Crippen LogP contribution in [0.3, 0.4) is 0 Å². The third kappa shape index (κ3) is 3.11. The van der Waals surface area contributed by atoms with Gasteiger partial charge in [-0.25, -0.2) is 14.1 Å². The molecule has 2 atom stereocenters. The first kappa shape index (κ1) is 21.2. The summed E-state index contributed by atoms with van der Waals surface area (Å²) >= 11 is 0. The first-order valence-electron chi connectivity index (χ1n) is 9.04. The molecular formula is C20H12F4N4O4. The molecule has 5 amide bonds. The summed E-state index contributed by atoms with van der Waals surface area (Å²) < 4.78 is 56.1. The molecule has 2 unspecified atom stereocenters. The van der Waals surface area contributed by atoms with Crippen LogP contribution in [0.25, 0.3) is 0 Å². The van der Waals surface area contributed by atoms with Crippen molar-refractivity contribution in [3.8, 4) is 0 Å². The number of nitrogens with zero attached hydrogens (tertiary/aromatic N) is 2. The Labute approximate surface area is 176 Å². The lowest BCUT2D eigenvalue weighted by molar-refractivity contribution is -0.201. The van der Waals surface area contributed by atoms with Crippen molar-refractivity contribution < 1.29 is 36.7 Å². The number of nitrogens with one attached hydrogen (secondary N) is 2. The van der Waals surface area contributed by atoms with E-state index in [1.54, 1.807) is 16.7 Å². The van der Waals surface area contributed by atoms with E-state index in [2.05, 4.69) is 4.99 Å². The molecule has 2 aromatic rings. The van der Waals surface area contributed by atoms with Crippen molar-refractivity contribution in [1.82, 2.24) is 10.6 Å². The fourth-order valence-electron chi connectivity index (χ4n) is 3.56. The highest BCUT2D eigenvalue weighted by Gasteiger charge is 2.74. The van der Waals surface area contributed by atoms with Crippen LogP contribution in [0.1, 0.15) is 10.4 Å². The van der Waals surface area contributed by atoms with Gasteiger partial charge < -0.3 is 5.32 Å². The molecular weight excluding hydrogens is 436 g/mol. The van der Waals surface area contributed by atoms with Gasteiger partial charge in [-0.3, -0.25) is 19.7 Å². The van der Waals surface area contributed by atoms with Crippen LogP contribution < -0.4 is 15.5 Å². The van der Waals surface area contributed by atoms with Crippen LogP contribution in [0.2, 0.25) is 0 Å². The van der Waals surface area contributed by atoms with Gasteiger partial charge in [0.1, 0.15) is 17.6 Å². The second-order valence-corrected chi connectivity index (χ2v) is 6.94. The summed E-state index contributed by atoms with van der Waals surface area (Å²) in [6.45, 7) is 0. The van der Waals surface area contributed by atoms with Crippen molar-refractivity contribution in [2.45, 2.75) is 11.7 Å². The Morgan fingerprint density at radius 1 is 1.03 bits per heavy atom. The van der Waals surface area contributed by atoms with E-state index in [4.69, 9.17) is 0 Å². The number of halogens is 4. The number of urea groups is 1. The number of anilines is 1. The zero-order valence-corrected chi connectivity index (χ0v) is 15.8. The number of alkyl halides is 3. The molecule has 0 bridgehead atoms. The fraction of sp³-hybridized carbons (Fsp3) is 0.150. The number of amides is 5. The molecule has 32 heavy (non-hydrogen) atoms. The number of rotatable bonds is 3. The number of benzene rings is 2. The Kier molecular flexibility index (Phi) is 4.79. The van der Waals surface area contributed by atoms with Gasteiger partial charge >= 0.3 is 12.2 Å². The monoisotopic (exact) mass is 448 g/mol. The maximum atomic E-state index is 14.3. The molecule has 0 spiro atoms. The molecule has 2 aromatic carbocycles. The summed E-state index contributed by atoms with van der Waals surface area (Å²) in [6, 6.07) is 9.69. The van der Waals surface area contributed by atoms with Crippen LogP contribution in [0.15, 0.2) is 59.6 Å². The van der Waals surface area contributed by atoms with E-state index in [1.807, 2.05) is 0 Å². The zero-order valence-electron chi connectivity index (χ0n) is 15.8. The number of aliphatic imine (C=N–C) groups is 1. The largest absolute Gasteiger partial charge is 0.422 e. The van der Waals surface area contributed by atoms with Gasteiger partial charge in [0.2, 0.25) is 11.4 Å². The predicted octanol–water partition coefficient (Wildman–Crippen LogP) is 2.17. The van der Waals surface area contributed by atoms with Crippen molar-refractivity contribution >= 4 is 35.3 Å². The van der Waals surface area contributed by atoms with E-state index in [-0.39, 0.29) is 11.3 Å². The maximum absolute atomic E-state index is 14.3. The second kappa shape index (κ2) is 7.25. The Balaban J connectivity index is 1.81. The van der Waals surface area contributed by atoms with Gasteiger partial charge in [-0.15, -0.1) is 0 Å². The highest BCUT2D eigenvalue weighted by molar-refractivity contribution is 6.35. The minimum atomic E-state index is -5.48. The number of hydrogen-bond donors (Lipinski definition) is 2. The van der Waals surface area contributed by atoms with E-state index in [9.17, 15) is 36.7 Å². The lowest BCUT2D eigenvalue weighted by atomic mass is 9.81. The second-order valence-electron chi connectivity index (χ2n) is 6.94. The van der Waals surface area contributed by atoms with Crippen LogP contribution in [-0.2, 0) is 9.59 Å². The van der Waals surface area contributed by atoms with Gasteiger partial charge in [-0.1, -0.05) is 18.2 Å². The summed E-state index contributed by atoms with van der Waals surface area (Å²) in [7, 11) is 0. The van der Waals surface area contributed by atoms with Crippen molar-refractivity contribution in [1.29, 1.82) is 0 Å². The Hall–Kier alpha value is -4.09. The topological polar surface area (TPSA) is 108 Å². The molecule has 1 fully saturated rings. The number of carbonyl (C=O) groups is 4. The van der Waals surface area contributed by atoms with Crippen molar-refractivity contribution in [2.24, 2.45) is 10.9 Å². The molecule has 0 radical (unpaired) electrons. The Bertz CT molecular complexity index is 1160. The number of amidine groups is 1. The molecule has 0 aromatic heterocycles. The molecule has 8 nitrogen and oxygen atoms in total. The van der Waals surface area contributed by atoms with Gasteiger partial charge in [0.15, 0.2) is 0 Å². The van der Waals surface area contributed by atoms with Gasteiger partial charge in [0, 0.05) is 5.56 Å². The van der Waals surface area contributed by atoms with Gasteiger partial charge in [0.25, 0.3) is 11.8 Å². The SMILES string of the molecule is O=C(NC1(C(F)(F)F)C(=O)N=C2C1C(=O)NC(=O)N2c1ccccc1)c1ccc(F)cc1. The number of hydrogen-bond acceptors (Lipinski definition) is 4. The first-order chi connectivity index (χ1) is 15.1. The van der Waals surface area contributed by atoms with Gasteiger partial charge in [-0.2, -0.15) is 18.2 Å². The van der Waals surface area contributed by atoms with Gasteiger partial charge in [0.05, 0.1) is 5.69 Å². The van der Waals surface area contributed by atoms with E-state index in [0.29, 0.717) is 4.90 Å². The summed E-state index contributed by atoms with van der Waals surface area (Å²) in [6.07, 6.45) is -5.48. The normalized spacial score (nSPS) is 22.9. The van der Waals surface area contributed by atoms with E-state index >= 15 is 0 Å². The maximum Gasteiger partial charge on any atom is 0.422 e. The average molecular weight is 448 g/mol. The lowest BCUT2D eigenvalue weighted by Crippen LogP contribution is -2.72. The number of para-hydroxylation sites is 1. The quantitative estimate of drug-likeness (QED) is 0.702. The predicted molar refractivity (Wildman–Crippen MR) is 101 cm³/mol. The minimum absolute atomic E-state index is 0.0527. The Morgan fingerprint density at radius 3 is 2.25 bits per heavy atom. The molecule has 4 rings (SSSR count). The summed E-state index contributed by atoms with van der Waals surface area (Å²) in [5, 5.41) is 3.37. The van der Waals surface area contributed by atoms with Crippen molar-refractivity contribution in [2.75, 3.05) is 4.90 Å². The molecule has 164 valence electrons. The van der Waals surface area contributed by atoms with Crippen LogP contribution >= 0.6 is 0 Å². The van der Waals surface area contributed by atoms with Crippen LogP contribution in [-0.4, -0.2) is 41.3 Å². The molecule has 1 saturated heterocycles. The summed E-state index contributed by atoms with van der Waals surface area (Å²) in [5.74, 6) is -8.60. The summed E-state index contributed by atoms with van der Waals surface area (Å²) in [5.41, 5.74) is -4.11. The molecule has 0 aliphatic carbocycles. The van der Waals surface area contributed by atoms with E-state index in [0.717, 1.165) is 24.3 Å². The zero-order chi connectivity index (χ0) is 23.3. The Morgan fingerprint density at radius 2 is 1.66 bits per heavy atom. The first-order valence-corrected chi connectivity index (χ1v) is 9.04. The summed E-state index contributed by atoms with van der Waals surface area (Å²) in [4.78, 5) is 54.2. The minimum Gasteiger partial charge on any atom is -0.329 e. The number of imide groups is 1. The van der Waals surface area contributed by atoms with Crippen molar-refractivity contribution in [3.63, 3.8) is 0 Å². The smallest absolute Gasteiger partial charge is 0.329 e. The molecule has 2 aliphatic rings. The van der Waals surface area contributed by atoms with E-state index in [1.165, 1.54) is 24.3 Å². The lowest BCUT2D eigenvalue weighted by Gasteiger charge is -2.39. The third-order valence-corrected chi connectivity index (χ3v) is 5.05. The van der Waals surface area contributed by atoms with Gasteiger partial charge in [-0.05, 0) is 36.4 Å². The molecule has 12 heteroatoms. The highest BCUT2D eigenvalue weighted by atomic mass is 19.4. The van der Waals surface area contributed by atoms with Crippen LogP contribution in [0.4, 0.5) is 28.0 Å². The number of fused-ring (bicyclic) bond motifs is 1. The fourth-order valence-corrected chi connectivity index (χ4v) is 3.56. The standard InChI is InChI=1S/C20H12F4N4O4/c21-11-8-6-10(7-9-11)15(29)27-19(20(22,23)24)13-14(25-17(19)31)28(18(32)26-16(13)30)12-4-2-1-3-5-12/h1-9,13H,(H,27,29)(H,26,30,32). The number of carbonyl (C=O) groups excluding carboxylic acids is 4. The highest BCUT2D eigenvalue weighted by Crippen LogP contribution is 2.44. The average Bonchev–Trinajstić information content (AvgIpc) is 3.02.